The van der Waals surface area contributed by atoms with Crippen molar-refractivity contribution in [2.75, 3.05) is 26.2 Å². The van der Waals surface area contributed by atoms with Crippen LogP contribution < -0.4 is 5.73 Å². The van der Waals surface area contributed by atoms with Crippen LogP contribution in [0.5, 0.6) is 0 Å². The number of nitrogens with two attached hydrogens (primary N) is 1. The maximum atomic E-state index is 12.6. The molecule has 0 saturated carbocycles. The lowest BCUT2D eigenvalue weighted by Crippen LogP contribution is -2.53. The molecular weight excluding hydrogens is 385 g/mol. The van der Waals surface area contributed by atoms with Gasteiger partial charge in [0.2, 0.25) is 15.9 Å². The summed E-state index contributed by atoms with van der Waals surface area (Å²) in [5, 5.41) is 0.201. The molecule has 130 valence electrons. The molecule has 1 amide bonds. The molecule has 2 rings (SSSR count). The third kappa shape index (κ3) is 4.29. The van der Waals surface area contributed by atoms with Crippen molar-refractivity contribution in [1.82, 2.24) is 9.21 Å². The predicted octanol–water partition coefficient (Wildman–Crippen LogP) is 1.60. The van der Waals surface area contributed by atoms with Crippen molar-refractivity contribution in [3.63, 3.8) is 0 Å². The number of hydrogen-bond acceptors (Lipinski definition) is 4. The fourth-order valence-electron chi connectivity index (χ4n) is 2.26. The average molecular weight is 403 g/mol. The molecule has 0 bridgehead atoms. The molecule has 1 fully saturated rings. The molecule has 1 aliphatic rings. The molecule has 6 nitrogen and oxygen atoms in total. The first-order chi connectivity index (χ1) is 10.2. The Kier molecular flexibility index (Phi) is 7.12. The van der Waals surface area contributed by atoms with Crippen molar-refractivity contribution < 1.29 is 13.2 Å². The highest BCUT2D eigenvalue weighted by Crippen LogP contribution is 2.31. The second kappa shape index (κ2) is 8.00. The number of sulfonamides is 1. The summed E-state index contributed by atoms with van der Waals surface area (Å²) in [6.45, 7) is 2.61. The molecule has 1 aromatic rings. The molecule has 1 aliphatic heterocycles. The maximum absolute atomic E-state index is 12.6. The highest BCUT2D eigenvalue weighted by Gasteiger charge is 2.32. The zero-order valence-electron chi connectivity index (χ0n) is 12.4. The summed E-state index contributed by atoms with van der Waals surface area (Å²) in [6, 6.07) is 3.90. The van der Waals surface area contributed by atoms with Gasteiger partial charge < -0.3 is 10.6 Å². The van der Waals surface area contributed by atoms with E-state index in [4.69, 9.17) is 28.9 Å². The summed E-state index contributed by atoms with van der Waals surface area (Å²) in [5.41, 5.74) is 5.56. The number of piperazine rings is 1. The van der Waals surface area contributed by atoms with E-state index >= 15 is 0 Å². The zero-order valence-corrected chi connectivity index (χ0v) is 15.6. The monoisotopic (exact) mass is 401 g/mol. The lowest BCUT2D eigenvalue weighted by molar-refractivity contribution is -0.133. The Morgan fingerprint density at radius 1 is 1.22 bits per heavy atom. The summed E-state index contributed by atoms with van der Waals surface area (Å²) in [5.74, 6) is -0.183. The SMILES string of the molecule is CC(N)C(=O)N1CCN(S(=O)(=O)c2cccc(Cl)c2Cl)CC1.Cl. The van der Waals surface area contributed by atoms with Gasteiger partial charge in [0.15, 0.2) is 0 Å². The van der Waals surface area contributed by atoms with E-state index < -0.39 is 16.1 Å². The zero-order chi connectivity index (χ0) is 16.5. The Morgan fingerprint density at radius 3 is 2.30 bits per heavy atom. The van der Waals surface area contributed by atoms with Gasteiger partial charge in [0.25, 0.3) is 0 Å². The van der Waals surface area contributed by atoms with Gasteiger partial charge >= 0.3 is 0 Å². The topological polar surface area (TPSA) is 83.7 Å². The summed E-state index contributed by atoms with van der Waals surface area (Å²) >= 11 is 11.9. The Bertz CT molecular complexity index is 674. The van der Waals surface area contributed by atoms with Crippen LogP contribution in [0.2, 0.25) is 10.0 Å². The standard InChI is InChI=1S/C13H17Cl2N3O3S.ClH/c1-9(16)13(19)17-5-7-18(8-6-17)22(20,21)11-4-2-3-10(14)12(11)15;/h2-4,9H,5-8,16H2,1H3;1H. The number of carbonyl (C=O) groups is 1. The van der Waals surface area contributed by atoms with Crippen LogP contribution >= 0.6 is 35.6 Å². The number of benzene rings is 1. The van der Waals surface area contributed by atoms with Gasteiger partial charge in [-0.15, -0.1) is 12.4 Å². The van der Waals surface area contributed by atoms with Gasteiger partial charge in [-0.2, -0.15) is 4.31 Å². The van der Waals surface area contributed by atoms with Gasteiger partial charge in [-0.25, -0.2) is 8.42 Å². The molecule has 0 radical (unpaired) electrons. The second-order valence-electron chi connectivity index (χ2n) is 5.07. The van der Waals surface area contributed by atoms with Crippen molar-refractivity contribution in [3.05, 3.63) is 28.2 Å². The number of halogens is 3. The van der Waals surface area contributed by atoms with Crippen molar-refractivity contribution in [2.45, 2.75) is 17.9 Å². The van der Waals surface area contributed by atoms with Crippen LogP contribution in [0.15, 0.2) is 23.1 Å². The van der Waals surface area contributed by atoms with E-state index in [1.165, 1.54) is 22.5 Å². The molecule has 1 unspecified atom stereocenters. The van der Waals surface area contributed by atoms with Crippen molar-refractivity contribution in [3.8, 4) is 0 Å². The fraction of sp³-hybridized carbons (Fsp3) is 0.462. The minimum absolute atomic E-state index is 0. The molecule has 1 atom stereocenters. The average Bonchev–Trinajstić information content (AvgIpc) is 2.49. The van der Waals surface area contributed by atoms with E-state index in [0.717, 1.165) is 0 Å². The van der Waals surface area contributed by atoms with Crippen molar-refractivity contribution in [2.24, 2.45) is 5.73 Å². The summed E-state index contributed by atoms with van der Waals surface area (Å²) in [4.78, 5) is 13.4. The van der Waals surface area contributed by atoms with Crippen LogP contribution in [0.25, 0.3) is 0 Å². The van der Waals surface area contributed by atoms with Crippen molar-refractivity contribution >= 4 is 51.5 Å². The summed E-state index contributed by atoms with van der Waals surface area (Å²) < 4.78 is 26.6. The Labute approximate surface area is 152 Å². The Hall–Kier alpha value is -0.570. The quantitative estimate of drug-likeness (QED) is 0.832. The number of rotatable bonds is 3. The largest absolute Gasteiger partial charge is 0.339 e. The van der Waals surface area contributed by atoms with Gasteiger partial charge in [-0.1, -0.05) is 29.3 Å². The van der Waals surface area contributed by atoms with Crippen LogP contribution in [-0.4, -0.2) is 55.8 Å². The van der Waals surface area contributed by atoms with Gasteiger partial charge in [0, 0.05) is 26.2 Å². The van der Waals surface area contributed by atoms with E-state index in [1.54, 1.807) is 11.8 Å². The molecule has 1 saturated heterocycles. The Balaban J connectivity index is 0.00000264. The lowest BCUT2D eigenvalue weighted by atomic mass is 10.2. The molecule has 23 heavy (non-hydrogen) atoms. The number of carbonyl (C=O) groups excluding carboxylic acids is 1. The molecule has 0 aromatic heterocycles. The molecule has 2 N–H and O–H groups in total. The van der Waals surface area contributed by atoms with E-state index in [9.17, 15) is 13.2 Å². The summed E-state index contributed by atoms with van der Waals surface area (Å²) in [7, 11) is -3.74. The number of hydrogen-bond donors (Lipinski definition) is 1. The van der Waals surface area contributed by atoms with E-state index in [1.807, 2.05) is 0 Å². The third-order valence-electron chi connectivity index (χ3n) is 3.47. The van der Waals surface area contributed by atoms with Crippen molar-refractivity contribution in [1.29, 1.82) is 0 Å². The predicted molar refractivity (Wildman–Crippen MR) is 92.7 cm³/mol. The second-order valence-corrected chi connectivity index (χ2v) is 7.76. The molecule has 0 aliphatic carbocycles. The van der Waals surface area contributed by atoms with Crippen LogP contribution in [0.4, 0.5) is 0 Å². The molecule has 1 aromatic carbocycles. The van der Waals surface area contributed by atoms with E-state index in [2.05, 4.69) is 0 Å². The van der Waals surface area contributed by atoms with Crippen LogP contribution in [0, 0.1) is 0 Å². The summed E-state index contributed by atoms with van der Waals surface area (Å²) in [6.07, 6.45) is 0. The Morgan fingerprint density at radius 2 is 1.78 bits per heavy atom. The van der Waals surface area contributed by atoms with Crippen LogP contribution in [0.1, 0.15) is 6.92 Å². The maximum Gasteiger partial charge on any atom is 0.244 e. The fourth-order valence-corrected chi connectivity index (χ4v) is 4.42. The van der Waals surface area contributed by atoms with Gasteiger partial charge in [0.1, 0.15) is 4.90 Å². The molecular formula is C13H18Cl3N3O3S. The molecule has 1 heterocycles. The van der Waals surface area contributed by atoms with Gasteiger partial charge in [0.05, 0.1) is 16.1 Å². The van der Waals surface area contributed by atoms with Crippen LogP contribution in [0.3, 0.4) is 0 Å². The highest BCUT2D eigenvalue weighted by molar-refractivity contribution is 7.89. The highest BCUT2D eigenvalue weighted by atomic mass is 35.5. The number of amides is 1. The molecule has 0 spiro atoms. The first kappa shape index (κ1) is 20.5. The number of nitrogens with zero attached hydrogens (tertiary/aromatic N) is 2. The molecule has 10 heteroatoms. The smallest absolute Gasteiger partial charge is 0.244 e. The van der Waals surface area contributed by atoms with Gasteiger partial charge in [-0.3, -0.25) is 4.79 Å². The van der Waals surface area contributed by atoms with E-state index in [0.29, 0.717) is 13.1 Å². The van der Waals surface area contributed by atoms with E-state index in [-0.39, 0.29) is 46.3 Å². The van der Waals surface area contributed by atoms with Crippen LogP contribution in [-0.2, 0) is 14.8 Å². The minimum Gasteiger partial charge on any atom is -0.339 e. The first-order valence-corrected chi connectivity index (χ1v) is 8.93. The van der Waals surface area contributed by atoms with Gasteiger partial charge in [-0.05, 0) is 19.1 Å². The minimum atomic E-state index is -3.74. The third-order valence-corrected chi connectivity index (χ3v) is 6.35. The lowest BCUT2D eigenvalue weighted by Gasteiger charge is -2.34. The normalized spacial score (nSPS) is 17.5. The first-order valence-electron chi connectivity index (χ1n) is 6.73.